The topological polar surface area (TPSA) is 71.6 Å². The second-order valence-corrected chi connectivity index (χ2v) is 3.48. The first kappa shape index (κ1) is 12.6. The van der Waals surface area contributed by atoms with Crippen molar-refractivity contribution in [2.24, 2.45) is 0 Å². The fraction of sp³-hybridized carbons (Fsp3) is 0.545. The van der Waals surface area contributed by atoms with Gasteiger partial charge in [-0.1, -0.05) is 6.92 Å². The number of nitrogens with two attached hydrogens (primary N) is 1. The number of aliphatic hydroxyl groups excluding tert-OH is 1. The van der Waals surface area contributed by atoms with E-state index in [-0.39, 0.29) is 6.61 Å². The number of hydrogen-bond donors (Lipinski definition) is 2. The van der Waals surface area contributed by atoms with Gasteiger partial charge in [0.2, 0.25) is 5.88 Å². The van der Waals surface area contributed by atoms with Crippen molar-refractivity contribution in [2.75, 3.05) is 37.4 Å². The van der Waals surface area contributed by atoms with Crippen molar-refractivity contribution in [3.63, 3.8) is 0 Å². The maximum absolute atomic E-state index is 9.00. The Morgan fingerprint density at radius 1 is 1.44 bits per heavy atom. The minimum atomic E-state index is 0.0817. The van der Waals surface area contributed by atoms with Crippen LogP contribution in [0.15, 0.2) is 12.1 Å². The molecule has 0 fully saturated rings. The van der Waals surface area contributed by atoms with Crippen molar-refractivity contribution in [1.29, 1.82) is 0 Å². The molecule has 1 aromatic rings. The van der Waals surface area contributed by atoms with E-state index in [1.807, 2.05) is 4.90 Å². The van der Waals surface area contributed by atoms with Crippen LogP contribution >= 0.6 is 0 Å². The average Bonchev–Trinajstić information content (AvgIpc) is 2.29. The van der Waals surface area contributed by atoms with Gasteiger partial charge in [0.05, 0.1) is 19.4 Å². The van der Waals surface area contributed by atoms with Crippen LogP contribution < -0.4 is 15.4 Å². The molecule has 1 rings (SSSR count). The first-order valence-electron chi connectivity index (χ1n) is 5.39. The van der Waals surface area contributed by atoms with Gasteiger partial charge >= 0.3 is 0 Å². The van der Waals surface area contributed by atoms with Crippen LogP contribution in [0.2, 0.25) is 0 Å². The maximum atomic E-state index is 9.00. The first-order chi connectivity index (χ1) is 7.72. The number of nitrogens with zero attached hydrogens (tertiary/aromatic N) is 2. The van der Waals surface area contributed by atoms with Gasteiger partial charge in [0.25, 0.3) is 0 Å². The molecule has 0 amide bonds. The van der Waals surface area contributed by atoms with Crippen LogP contribution in [0, 0.1) is 0 Å². The molecule has 16 heavy (non-hydrogen) atoms. The summed E-state index contributed by atoms with van der Waals surface area (Å²) in [7, 11) is 1.57. The molecule has 5 heteroatoms. The Hall–Kier alpha value is -1.49. The summed E-state index contributed by atoms with van der Waals surface area (Å²) in [6.07, 6.45) is 0.971. The van der Waals surface area contributed by atoms with Gasteiger partial charge in [0.15, 0.2) is 5.82 Å². The number of rotatable bonds is 6. The molecule has 0 aliphatic rings. The predicted molar refractivity (Wildman–Crippen MR) is 64.8 cm³/mol. The summed E-state index contributed by atoms with van der Waals surface area (Å²) in [5.74, 6) is 1.21. The van der Waals surface area contributed by atoms with E-state index < -0.39 is 0 Å². The van der Waals surface area contributed by atoms with Gasteiger partial charge in [-0.2, -0.15) is 4.98 Å². The molecule has 0 spiro atoms. The van der Waals surface area contributed by atoms with E-state index in [0.29, 0.717) is 23.9 Å². The van der Waals surface area contributed by atoms with Gasteiger partial charge in [-0.25, -0.2) is 0 Å². The number of nitrogen functional groups attached to an aromatic ring is 1. The highest BCUT2D eigenvalue weighted by molar-refractivity contribution is 5.63. The van der Waals surface area contributed by atoms with Crippen LogP contribution in [0.5, 0.6) is 5.88 Å². The van der Waals surface area contributed by atoms with E-state index in [4.69, 9.17) is 15.6 Å². The fourth-order valence-corrected chi connectivity index (χ4v) is 1.52. The average molecular weight is 225 g/mol. The lowest BCUT2D eigenvalue weighted by molar-refractivity contribution is 0.301. The van der Waals surface area contributed by atoms with E-state index >= 15 is 0 Å². The van der Waals surface area contributed by atoms with Gasteiger partial charge in [-0.15, -0.1) is 0 Å². The normalized spacial score (nSPS) is 10.2. The fourth-order valence-electron chi connectivity index (χ4n) is 1.52. The molecule has 0 saturated heterocycles. The smallest absolute Gasteiger partial charge is 0.215 e. The molecule has 0 aliphatic heterocycles. The van der Waals surface area contributed by atoms with Crippen LogP contribution in [0.4, 0.5) is 11.5 Å². The molecular weight excluding hydrogens is 206 g/mol. The molecule has 0 aromatic carbocycles. The Balaban J connectivity index is 2.96. The lowest BCUT2D eigenvalue weighted by atomic mass is 10.3. The highest BCUT2D eigenvalue weighted by atomic mass is 16.5. The van der Waals surface area contributed by atoms with Crippen LogP contribution in [-0.2, 0) is 0 Å². The first-order valence-corrected chi connectivity index (χ1v) is 5.39. The second kappa shape index (κ2) is 6.17. The maximum Gasteiger partial charge on any atom is 0.215 e. The molecule has 1 aromatic heterocycles. The Bertz CT molecular complexity index is 325. The van der Waals surface area contributed by atoms with Crippen molar-refractivity contribution < 1.29 is 9.84 Å². The highest BCUT2D eigenvalue weighted by Gasteiger charge is 2.11. The third kappa shape index (κ3) is 3.00. The number of methoxy groups -OCH3 is 1. The Kier molecular flexibility index (Phi) is 4.85. The zero-order chi connectivity index (χ0) is 12.0. The second-order valence-electron chi connectivity index (χ2n) is 3.48. The molecule has 0 atom stereocenters. The van der Waals surface area contributed by atoms with Crippen molar-refractivity contribution in [1.82, 2.24) is 4.98 Å². The standard InChI is InChI=1S/C11H19N3O2/c1-3-6-14(7-8-15)11-9(12)4-5-10(13-11)16-2/h4-5,15H,3,6-8,12H2,1-2H3. The van der Waals surface area contributed by atoms with E-state index in [2.05, 4.69) is 11.9 Å². The molecule has 0 saturated carbocycles. The molecule has 0 aliphatic carbocycles. The summed E-state index contributed by atoms with van der Waals surface area (Å²) in [5.41, 5.74) is 6.46. The third-order valence-electron chi connectivity index (χ3n) is 2.25. The van der Waals surface area contributed by atoms with Crippen LogP contribution in [0.25, 0.3) is 0 Å². The van der Waals surface area contributed by atoms with E-state index in [0.717, 1.165) is 13.0 Å². The molecule has 5 nitrogen and oxygen atoms in total. The zero-order valence-electron chi connectivity index (χ0n) is 9.81. The Morgan fingerprint density at radius 3 is 2.75 bits per heavy atom. The minimum absolute atomic E-state index is 0.0817. The van der Waals surface area contributed by atoms with Crippen LogP contribution in [0.1, 0.15) is 13.3 Å². The van der Waals surface area contributed by atoms with Gasteiger partial charge < -0.3 is 20.5 Å². The summed E-state index contributed by atoms with van der Waals surface area (Å²) in [6.45, 7) is 3.49. The van der Waals surface area contributed by atoms with Crippen molar-refractivity contribution in [2.45, 2.75) is 13.3 Å². The number of aromatic nitrogens is 1. The monoisotopic (exact) mass is 225 g/mol. The highest BCUT2D eigenvalue weighted by Crippen LogP contribution is 2.23. The summed E-state index contributed by atoms with van der Waals surface area (Å²) >= 11 is 0. The zero-order valence-corrected chi connectivity index (χ0v) is 9.81. The molecule has 1 heterocycles. The summed E-state index contributed by atoms with van der Waals surface area (Å²) in [6, 6.07) is 3.49. The molecule has 0 radical (unpaired) electrons. The number of aliphatic hydroxyl groups is 1. The SMILES string of the molecule is CCCN(CCO)c1nc(OC)ccc1N. The van der Waals surface area contributed by atoms with Gasteiger partial charge in [0.1, 0.15) is 0 Å². The molecule has 3 N–H and O–H groups in total. The Labute approximate surface area is 95.8 Å². The van der Waals surface area contributed by atoms with Crippen LogP contribution in [-0.4, -0.2) is 36.9 Å². The Morgan fingerprint density at radius 2 is 2.19 bits per heavy atom. The molecular formula is C11H19N3O2. The van der Waals surface area contributed by atoms with Gasteiger partial charge in [-0.05, 0) is 12.5 Å². The van der Waals surface area contributed by atoms with E-state index in [1.165, 1.54) is 0 Å². The summed E-state index contributed by atoms with van der Waals surface area (Å²) < 4.78 is 5.06. The summed E-state index contributed by atoms with van der Waals surface area (Å²) in [5, 5.41) is 9.00. The van der Waals surface area contributed by atoms with E-state index in [1.54, 1.807) is 19.2 Å². The number of anilines is 2. The van der Waals surface area contributed by atoms with Gasteiger partial charge in [-0.3, -0.25) is 0 Å². The lowest BCUT2D eigenvalue weighted by Crippen LogP contribution is -2.29. The number of ether oxygens (including phenoxy) is 1. The predicted octanol–water partition coefficient (Wildman–Crippen LogP) is 0.881. The quantitative estimate of drug-likeness (QED) is 0.752. The molecule has 0 bridgehead atoms. The molecule has 0 unspecified atom stereocenters. The van der Waals surface area contributed by atoms with E-state index in [9.17, 15) is 0 Å². The number of pyridine rings is 1. The largest absolute Gasteiger partial charge is 0.481 e. The third-order valence-corrected chi connectivity index (χ3v) is 2.25. The van der Waals surface area contributed by atoms with Crippen LogP contribution in [0.3, 0.4) is 0 Å². The van der Waals surface area contributed by atoms with Gasteiger partial charge in [0, 0.05) is 19.2 Å². The van der Waals surface area contributed by atoms with Crippen molar-refractivity contribution in [3.05, 3.63) is 12.1 Å². The lowest BCUT2D eigenvalue weighted by Gasteiger charge is -2.23. The van der Waals surface area contributed by atoms with Crippen molar-refractivity contribution >= 4 is 11.5 Å². The van der Waals surface area contributed by atoms with Crippen molar-refractivity contribution in [3.8, 4) is 5.88 Å². The number of hydrogen-bond acceptors (Lipinski definition) is 5. The summed E-state index contributed by atoms with van der Waals surface area (Å²) in [4.78, 5) is 6.25. The molecule has 90 valence electrons. The minimum Gasteiger partial charge on any atom is -0.481 e.